The first-order valence-corrected chi connectivity index (χ1v) is 7.65. The first kappa shape index (κ1) is 14.8. The van der Waals surface area contributed by atoms with Crippen LogP contribution in [0.2, 0.25) is 5.02 Å². The predicted octanol–water partition coefficient (Wildman–Crippen LogP) is 0.917. The average molecular weight is 349 g/mol. The summed E-state index contributed by atoms with van der Waals surface area (Å²) in [5, 5.41) is 0.635. The summed E-state index contributed by atoms with van der Waals surface area (Å²) < 4.78 is 14.3. The van der Waals surface area contributed by atoms with Gasteiger partial charge in [0.15, 0.2) is 17.3 Å². The molecular formula is C15H13ClN4O4. The van der Waals surface area contributed by atoms with E-state index in [1.54, 1.807) is 35.9 Å². The van der Waals surface area contributed by atoms with Crippen molar-refractivity contribution in [3.05, 3.63) is 50.1 Å². The number of benzene rings is 1. The summed E-state index contributed by atoms with van der Waals surface area (Å²) in [4.78, 5) is 30.2. The smallest absolute Gasteiger partial charge is 0.329 e. The van der Waals surface area contributed by atoms with Gasteiger partial charge in [-0.3, -0.25) is 18.9 Å². The molecule has 4 rings (SSSR count). The highest BCUT2D eigenvalue weighted by Gasteiger charge is 2.29. The van der Waals surface area contributed by atoms with Gasteiger partial charge in [-0.2, -0.15) is 4.98 Å². The fraction of sp³-hybridized carbons (Fsp3) is 0.267. The van der Waals surface area contributed by atoms with Gasteiger partial charge in [0.05, 0.1) is 6.54 Å². The quantitative estimate of drug-likeness (QED) is 0.760. The average Bonchev–Trinajstić information content (AvgIpc) is 3.09. The zero-order valence-electron chi connectivity index (χ0n) is 12.7. The second kappa shape index (κ2) is 5.41. The highest BCUT2D eigenvalue weighted by atomic mass is 35.5. The molecule has 1 aliphatic heterocycles. The number of nitrogens with zero attached hydrogens (tertiary/aromatic N) is 3. The Hall–Kier alpha value is -2.74. The highest BCUT2D eigenvalue weighted by Crippen LogP contribution is 2.25. The van der Waals surface area contributed by atoms with Crippen LogP contribution in [0.3, 0.4) is 0 Å². The summed E-state index contributed by atoms with van der Waals surface area (Å²) >= 11 is 5.83. The van der Waals surface area contributed by atoms with Gasteiger partial charge in [-0.15, -0.1) is 0 Å². The van der Waals surface area contributed by atoms with Gasteiger partial charge in [-0.05, 0) is 24.3 Å². The van der Waals surface area contributed by atoms with Gasteiger partial charge in [0.25, 0.3) is 11.6 Å². The van der Waals surface area contributed by atoms with Crippen molar-refractivity contribution in [2.24, 2.45) is 7.05 Å². The lowest BCUT2D eigenvalue weighted by molar-refractivity contribution is 0.144. The topological polar surface area (TPSA) is 91.1 Å². The minimum absolute atomic E-state index is 0.274. The van der Waals surface area contributed by atoms with Gasteiger partial charge >= 0.3 is 5.69 Å². The Morgan fingerprint density at radius 1 is 1.38 bits per heavy atom. The van der Waals surface area contributed by atoms with Crippen LogP contribution in [0.15, 0.2) is 33.9 Å². The number of hydrogen-bond acceptors (Lipinski definition) is 5. The maximum absolute atomic E-state index is 12.1. The Bertz CT molecular complexity index is 1030. The van der Waals surface area contributed by atoms with E-state index in [0.29, 0.717) is 41.1 Å². The van der Waals surface area contributed by atoms with Crippen molar-refractivity contribution in [1.29, 1.82) is 0 Å². The second-order valence-electron chi connectivity index (χ2n) is 5.50. The molecule has 1 N–H and O–H groups in total. The Balaban J connectivity index is 1.56. The molecule has 0 unspecified atom stereocenters. The van der Waals surface area contributed by atoms with Crippen molar-refractivity contribution in [2.75, 3.05) is 6.61 Å². The van der Waals surface area contributed by atoms with Crippen molar-refractivity contribution < 1.29 is 9.47 Å². The Morgan fingerprint density at radius 2 is 2.12 bits per heavy atom. The van der Waals surface area contributed by atoms with Gasteiger partial charge < -0.3 is 9.47 Å². The molecule has 9 heteroatoms. The molecule has 1 aliphatic rings. The Labute approximate surface area is 140 Å². The van der Waals surface area contributed by atoms with Crippen molar-refractivity contribution in [3.8, 4) is 11.8 Å². The molecule has 3 aromatic rings. The molecule has 124 valence electrons. The largest absolute Gasteiger partial charge is 0.490 e. The number of fused-ring (bicyclic) bond motifs is 3. The molecular weight excluding hydrogens is 336 g/mol. The molecule has 0 aliphatic carbocycles. The summed E-state index contributed by atoms with van der Waals surface area (Å²) in [5.74, 6) is 0.678. The van der Waals surface area contributed by atoms with Crippen LogP contribution in [0.25, 0.3) is 11.2 Å². The first-order chi connectivity index (χ1) is 11.5. The lowest BCUT2D eigenvalue weighted by Crippen LogP contribution is -2.30. The van der Waals surface area contributed by atoms with Crippen LogP contribution in [-0.4, -0.2) is 31.8 Å². The molecule has 0 radical (unpaired) electrons. The van der Waals surface area contributed by atoms with Gasteiger partial charge in [-0.25, -0.2) is 4.79 Å². The van der Waals surface area contributed by atoms with E-state index in [-0.39, 0.29) is 6.10 Å². The Morgan fingerprint density at radius 3 is 2.88 bits per heavy atom. The number of hydrogen-bond donors (Lipinski definition) is 1. The van der Waals surface area contributed by atoms with Gasteiger partial charge in [-0.1, -0.05) is 11.6 Å². The van der Waals surface area contributed by atoms with Gasteiger partial charge in [0.1, 0.15) is 12.4 Å². The SMILES string of the molecule is Cn1c(=O)[nH]c(=O)c2c1nc1n2C[C@@H](COc2ccc(Cl)cc2)O1. The molecule has 0 saturated heterocycles. The lowest BCUT2D eigenvalue weighted by Gasteiger charge is -2.11. The predicted molar refractivity (Wildman–Crippen MR) is 87.0 cm³/mol. The fourth-order valence-electron chi connectivity index (χ4n) is 2.67. The van der Waals surface area contributed by atoms with E-state index in [2.05, 4.69) is 9.97 Å². The van der Waals surface area contributed by atoms with E-state index in [4.69, 9.17) is 21.1 Å². The van der Waals surface area contributed by atoms with Gasteiger partial charge in [0.2, 0.25) is 0 Å². The molecule has 0 bridgehead atoms. The van der Waals surface area contributed by atoms with Crippen molar-refractivity contribution in [1.82, 2.24) is 19.1 Å². The third kappa shape index (κ3) is 2.35. The molecule has 24 heavy (non-hydrogen) atoms. The van der Waals surface area contributed by atoms with E-state index >= 15 is 0 Å². The highest BCUT2D eigenvalue weighted by molar-refractivity contribution is 6.30. The summed E-state index contributed by atoms with van der Waals surface area (Å²) in [6.07, 6.45) is -0.274. The van der Waals surface area contributed by atoms with E-state index in [0.717, 1.165) is 0 Å². The molecule has 1 atom stereocenters. The number of ether oxygens (including phenoxy) is 2. The Kier molecular flexibility index (Phi) is 3.34. The number of H-pyrrole nitrogens is 1. The normalized spacial score (nSPS) is 16.2. The van der Waals surface area contributed by atoms with Crippen LogP contribution in [0.4, 0.5) is 0 Å². The molecule has 0 fully saturated rings. The minimum atomic E-state index is -0.508. The third-order valence-corrected chi connectivity index (χ3v) is 4.13. The molecule has 0 spiro atoms. The van der Waals surface area contributed by atoms with E-state index in [1.165, 1.54) is 4.57 Å². The zero-order valence-corrected chi connectivity index (χ0v) is 13.4. The molecule has 1 aromatic carbocycles. The van der Waals surface area contributed by atoms with Crippen LogP contribution in [0.5, 0.6) is 11.8 Å². The number of aromatic amines is 1. The van der Waals surface area contributed by atoms with Crippen LogP contribution in [0.1, 0.15) is 0 Å². The van der Waals surface area contributed by atoms with E-state index in [1.807, 2.05) is 0 Å². The van der Waals surface area contributed by atoms with E-state index < -0.39 is 11.2 Å². The number of aryl methyl sites for hydroxylation is 1. The zero-order chi connectivity index (χ0) is 16.8. The maximum atomic E-state index is 12.1. The van der Waals surface area contributed by atoms with Crippen LogP contribution < -0.4 is 20.7 Å². The van der Waals surface area contributed by atoms with Crippen LogP contribution in [-0.2, 0) is 13.6 Å². The molecule has 8 nitrogen and oxygen atoms in total. The third-order valence-electron chi connectivity index (χ3n) is 3.88. The molecule has 2 aromatic heterocycles. The number of halogens is 1. The standard InChI is InChI=1S/C15H13ClN4O4/c1-19-12-11(13(21)18-14(19)22)20-6-10(24-15(20)17-12)7-23-9-4-2-8(16)3-5-9/h2-5,10H,6-7H2,1H3,(H,18,21,22)/t10-/m0/s1. The lowest BCUT2D eigenvalue weighted by atomic mass is 10.3. The summed E-state index contributed by atoms with van der Waals surface area (Å²) in [5.41, 5.74) is -0.362. The summed E-state index contributed by atoms with van der Waals surface area (Å²) in [6.45, 7) is 0.719. The van der Waals surface area contributed by atoms with Crippen LogP contribution >= 0.6 is 11.6 Å². The number of rotatable bonds is 3. The first-order valence-electron chi connectivity index (χ1n) is 7.27. The van der Waals surface area contributed by atoms with Crippen molar-refractivity contribution in [2.45, 2.75) is 12.6 Å². The number of nitrogens with one attached hydrogen (secondary N) is 1. The minimum Gasteiger partial charge on any atom is -0.490 e. The van der Waals surface area contributed by atoms with Crippen molar-refractivity contribution in [3.63, 3.8) is 0 Å². The molecule has 3 heterocycles. The van der Waals surface area contributed by atoms with E-state index in [9.17, 15) is 9.59 Å². The van der Waals surface area contributed by atoms with Crippen molar-refractivity contribution >= 4 is 22.8 Å². The monoisotopic (exact) mass is 348 g/mol. The second-order valence-corrected chi connectivity index (χ2v) is 5.94. The summed E-state index contributed by atoms with van der Waals surface area (Å²) in [7, 11) is 1.55. The summed E-state index contributed by atoms with van der Waals surface area (Å²) in [6, 6.07) is 7.33. The van der Waals surface area contributed by atoms with Crippen LogP contribution in [0, 0.1) is 0 Å². The van der Waals surface area contributed by atoms with Gasteiger partial charge in [0, 0.05) is 12.1 Å². The molecule has 0 amide bonds. The molecule has 0 saturated carbocycles. The maximum Gasteiger partial charge on any atom is 0.329 e. The number of aromatic nitrogens is 4. The number of imidazole rings is 1. The fourth-order valence-corrected chi connectivity index (χ4v) is 2.80.